The average Bonchev–Trinajstić information content (AvgIpc) is 2.69. The van der Waals surface area contributed by atoms with Crippen LogP contribution in [0.25, 0.3) is 0 Å². The van der Waals surface area contributed by atoms with Crippen LogP contribution in [0.4, 0.5) is 18.0 Å². The molecule has 0 aromatic heterocycles. The van der Waals surface area contributed by atoms with Gasteiger partial charge in [0.05, 0.1) is 12.6 Å². The number of carbonyl (C=O) groups excluding carboxylic acids is 1. The van der Waals surface area contributed by atoms with E-state index in [-0.39, 0.29) is 19.5 Å². The van der Waals surface area contributed by atoms with Gasteiger partial charge in [-0.1, -0.05) is 35.9 Å². The number of carbonyl (C=O) groups is 1. The van der Waals surface area contributed by atoms with Crippen LogP contribution in [0.15, 0.2) is 48.5 Å². The standard InChI is InChI=1S/C22H25ClF3NO6S/c1-21(2,3)32-20(29)27(14-19(28)16-5-4-6-17(23)13-16)12-11-15-7-9-18(10-8-15)33-34(30,31)22(24,25)26/h4-10,13,19,28H,11-12,14H2,1-3H3/t19-/m0/s1. The Morgan fingerprint density at radius 3 is 2.26 bits per heavy atom. The Labute approximate surface area is 201 Å². The van der Waals surface area contributed by atoms with E-state index in [1.54, 1.807) is 45.0 Å². The predicted molar refractivity (Wildman–Crippen MR) is 120 cm³/mol. The van der Waals surface area contributed by atoms with Gasteiger partial charge in [-0.25, -0.2) is 4.79 Å². The highest BCUT2D eigenvalue weighted by Crippen LogP contribution is 2.27. The fraction of sp³-hybridized carbons (Fsp3) is 0.409. The Morgan fingerprint density at radius 1 is 1.12 bits per heavy atom. The molecule has 34 heavy (non-hydrogen) atoms. The number of benzene rings is 2. The fourth-order valence-corrected chi connectivity index (χ4v) is 3.42. The maximum atomic E-state index is 12.7. The number of nitrogens with zero attached hydrogens (tertiary/aromatic N) is 1. The fourth-order valence-electron chi connectivity index (χ4n) is 2.76. The number of rotatable bonds is 8. The Bertz CT molecular complexity index is 1090. The first-order valence-electron chi connectivity index (χ1n) is 10.1. The van der Waals surface area contributed by atoms with Gasteiger partial charge in [0, 0.05) is 11.6 Å². The third-order valence-electron chi connectivity index (χ3n) is 4.36. The van der Waals surface area contributed by atoms with Crippen molar-refractivity contribution in [3.8, 4) is 5.75 Å². The van der Waals surface area contributed by atoms with Crippen LogP contribution in [-0.2, 0) is 21.3 Å². The predicted octanol–water partition coefficient (Wildman–Crippen LogP) is 5.08. The number of halogens is 4. The molecule has 1 atom stereocenters. The summed E-state index contributed by atoms with van der Waals surface area (Å²) < 4.78 is 69.1. The maximum absolute atomic E-state index is 12.7. The third-order valence-corrected chi connectivity index (χ3v) is 5.58. The molecule has 0 unspecified atom stereocenters. The van der Waals surface area contributed by atoms with E-state index >= 15 is 0 Å². The molecule has 0 fully saturated rings. The Hall–Kier alpha value is -2.50. The quantitative estimate of drug-likeness (QED) is 0.383. The molecule has 2 aromatic carbocycles. The lowest BCUT2D eigenvalue weighted by Gasteiger charge is -2.29. The monoisotopic (exact) mass is 523 g/mol. The minimum atomic E-state index is -5.77. The summed E-state index contributed by atoms with van der Waals surface area (Å²) in [5.41, 5.74) is -5.22. The van der Waals surface area contributed by atoms with Crippen molar-refractivity contribution >= 4 is 27.8 Å². The summed E-state index contributed by atoms with van der Waals surface area (Å²) in [5.74, 6) is -0.499. The van der Waals surface area contributed by atoms with E-state index in [0.29, 0.717) is 16.1 Å². The molecule has 0 spiro atoms. The molecule has 0 saturated heterocycles. The second kappa shape index (κ2) is 10.8. The minimum absolute atomic E-state index is 0.0969. The average molecular weight is 524 g/mol. The summed E-state index contributed by atoms with van der Waals surface area (Å²) in [4.78, 5) is 14.0. The summed E-state index contributed by atoms with van der Waals surface area (Å²) in [5, 5.41) is 11.0. The zero-order valence-corrected chi connectivity index (χ0v) is 20.2. The first-order chi connectivity index (χ1) is 15.6. The molecule has 0 radical (unpaired) electrons. The van der Waals surface area contributed by atoms with Gasteiger partial charge in [0.2, 0.25) is 0 Å². The van der Waals surface area contributed by atoms with Crippen LogP contribution in [0.3, 0.4) is 0 Å². The van der Waals surface area contributed by atoms with Gasteiger partial charge in [-0.3, -0.25) is 0 Å². The van der Waals surface area contributed by atoms with E-state index in [9.17, 15) is 31.5 Å². The van der Waals surface area contributed by atoms with Crippen LogP contribution < -0.4 is 4.18 Å². The molecule has 12 heteroatoms. The van der Waals surface area contributed by atoms with Crippen LogP contribution in [0.1, 0.15) is 38.0 Å². The lowest BCUT2D eigenvalue weighted by molar-refractivity contribution is -0.0500. The summed E-state index contributed by atoms with van der Waals surface area (Å²) in [6.07, 6.45) is -1.47. The van der Waals surface area contributed by atoms with Crippen molar-refractivity contribution < 1.29 is 40.4 Å². The number of alkyl halides is 3. The molecule has 1 N–H and O–H groups in total. The molecule has 0 aliphatic heterocycles. The van der Waals surface area contributed by atoms with Crippen molar-refractivity contribution in [1.29, 1.82) is 0 Å². The second-order valence-electron chi connectivity index (χ2n) is 8.37. The number of ether oxygens (including phenoxy) is 1. The third kappa shape index (κ3) is 8.37. The van der Waals surface area contributed by atoms with Gasteiger partial charge in [0.15, 0.2) is 0 Å². The lowest BCUT2D eigenvalue weighted by Crippen LogP contribution is -2.40. The highest BCUT2D eigenvalue weighted by molar-refractivity contribution is 7.88. The van der Waals surface area contributed by atoms with Crippen LogP contribution >= 0.6 is 11.6 Å². The van der Waals surface area contributed by atoms with Crippen LogP contribution in [0, 0.1) is 0 Å². The van der Waals surface area contributed by atoms with Gasteiger partial charge < -0.3 is 18.9 Å². The Balaban J connectivity index is 2.11. The maximum Gasteiger partial charge on any atom is 0.534 e. The molecule has 0 heterocycles. The molecule has 0 aliphatic carbocycles. The molecular weight excluding hydrogens is 499 g/mol. The van der Waals surface area contributed by atoms with Gasteiger partial charge >= 0.3 is 21.7 Å². The summed E-state index contributed by atoms with van der Waals surface area (Å²) in [6, 6.07) is 11.5. The van der Waals surface area contributed by atoms with Gasteiger partial charge in [-0.15, -0.1) is 0 Å². The SMILES string of the molecule is CC(C)(C)OC(=O)N(CCc1ccc(OS(=O)(=O)C(F)(F)F)cc1)C[C@H](O)c1cccc(Cl)c1. The van der Waals surface area contributed by atoms with E-state index in [2.05, 4.69) is 4.18 Å². The molecule has 2 aromatic rings. The van der Waals surface area contributed by atoms with Gasteiger partial charge in [0.25, 0.3) is 0 Å². The van der Waals surface area contributed by atoms with Gasteiger partial charge in [0.1, 0.15) is 11.4 Å². The van der Waals surface area contributed by atoms with E-state index < -0.39 is 39.2 Å². The number of aliphatic hydroxyl groups excluding tert-OH is 1. The van der Waals surface area contributed by atoms with E-state index in [1.165, 1.54) is 17.0 Å². The van der Waals surface area contributed by atoms with Gasteiger partial charge in [-0.05, 0) is 62.6 Å². The Morgan fingerprint density at radius 2 is 1.74 bits per heavy atom. The van der Waals surface area contributed by atoms with Crippen molar-refractivity contribution in [3.05, 3.63) is 64.7 Å². The molecule has 1 amide bonds. The zero-order chi connectivity index (χ0) is 25.7. The van der Waals surface area contributed by atoms with E-state index in [4.69, 9.17) is 16.3 Å². The summed E-state index contributed by atoms with van der Waals surface area (Å²) >= 11 is 5.97. The molecular formula is C22H25ClF3NO6S. The van der Waals surface area contributed by atoms with Crippen molar-refractivity contribution in [2.24, 2.45) is 0 Å². The smallest absolute Gasteiger partial charge is 0.444 e. The molecule has 0 bridgehead atoms. The first kappa shape index (κ1) is 27.7. The molecule has 2 rings (SSSR count). The Kier molecular flexibility index (Phi) is 8.84. The van der Waals surface area contributed by atoms with Crippen molar-refractivity contribution in [3.63, 3.8) is 0 Å². The number of hydrogen-bond acceptors (Lipinski definition) is 6. The van der Waals surface area contributed by atoms with Crippen molar-refractivity contribution in [2.75, 3.05) is 13.1 Å². The number of aliphatic hydroxyl groups is 1. The summed E-state index contributed by atoms with van der Waals surface area (Å²) in [7, 11) is -5.77. The van der Waals surface area contributed by atoms with E-state index in [0.717, 1.165) is 12.1 Å². The number of hydrogen-bond donors (Lipinski definition) is 1. The molecule has 0 aliphatic rings. The topological polar surface area (TPSA) is 93.1 Å². The van der Waals surface area contributed by atoms with Crippen LogP contribution in [0.2, 0.25) is 5.02 Å². The highest BCUT2D eigenvalue weighted by atomic mass is 35.5. The molecule has 7 nitrogen and oxygen atoms in total. The van der Waals surface area contributed by atoms with Crippen molar-refractivity contribution in [2.45, 2.75) is 44.4 Å². The lowest BCUT2D eigenvalue weighted by atomic mass is 10.1. The highest BCUT2D eigenvalue weighted by Gasteiger charge is 2.48. The minimum Gasteiger partial charge on any atom is -0.444 e. The number of amides is 1. The second-order valence-corrected chi connectivity index (χ2v) is 10.3. The van der Waals surface area contributed by atoms with Gasteiger partial charge in [-0.2, -0.15) is 21.6 Å². The normalized spacial score (nSPS) is 13.3. The van der Waals surface area contributed by atoms with Crippen LogP contribution in [-0.4, -0.2) is 48.7 Å². The molecule has 188 valence electrons. The van der Waals surface area contributed by atoms with Crippen LogP contribution in [0.5, 0.6) is 5.75 Å². The summed E-state index contributed by atoms with van der Waals surface area (Å²) in [6.45, 7) is 5.10. The zero-order valence-electron chi connectivity index (χ0n) is 18.7. The van der Waals surface area contributed by atoms with E-state index in [1.807, 2.05) is 0 Å². The van der Waals surface area contributed by atoms with Crippen molar-refractivity contribution in [1.82, 2.24) is 4.90 Å². The first-order valence-corrected chi connectivity index (χ1v) is 11.9. The molecule has 0 saturated carbocycles. The largest absolute Gasteiger partial charge is 0.534 e.